The molecule has 2 aromatic rings. The average molecular weight is 356 g/mol. The van der Waals surface area contributed by atoms with Crippen LogP contribution in [0.1, 0.15) is 25.2 Å². The van der Waals surface area contributed by atoms with Crippen LogP contribution >= 0.6 is 0 Å². The predicted octanol–water partition coefficient (Wildman–Crippen LogP) is 3.31. The average Bonchev–Trinajstić information content (AvgIpc) is 3.04. The number of piperazine rings is 1. The number of rotatable bonds is 4. The maximum absolute atomic E-state index is 12.5. The SMILES string of the molecule is CCOC(=O)N1CCN(C(=O)C=Cc2c(CC)oc3ccccc23)CC1. The van der Waals surface area contributed by atoms with E-state index < -0.39 is 0 Å². The summed E-state index contributed by atoms with van der Waals surface area (Å²) in [6, 6.07) is 7.83. The second kappa shape index (κ2) is 8.08. The fraction of sp³-hybridized carbons (Fsp3) is 0.400. The number of carbonyl (C=O) groups is 2. The number of amides is 2. The van der Waals surface area contributed by atoms with Crippen molar-refractivity contribution in [2.24, 2.45) is 0 Å². The summed E-state index contributed by atoms with van der Waals surface area (Å²) >= 11 is 0. The standard InChI is InChI=1S/C20H24N2O4/c1-3-17-16(15-7-5-6-8-18(15)26-17)9-10-19(23)21-11-13-22(14-12-21)20(24)25-4-2/h5-10H,3-4,11-14H2,1-2H3. The fourth-order valence-corrected chi connectivity index (χ4v) is 3.15. The molecule has 1 fully saturated rings. The van der Waals surface area contributed by atoms with Crippen LogP contribution in [0.25, 0.3) is 17.0 Å². The van der Waals surface area contributed by atoms with Crippen molar-refractivity contribution in [1.29, 1.82) is 0 Å². The molecule has 6 heteroatoms. The highest BCUT2D eigenvalue weighted by Crippen LogP contribution is 2.27. The van der Waals surface area contributed by atoms with E-state index in [0.717, 1.165) is 28.7 Å². The summed E-state index contributed by atoms with van der Waals surface area (Å²) < 4.78 is 10.9. The lowest BCUT2D eigenvalue weighted by molar-refractivity contribution is -0.127. The highest BCUT2D eigenvalue weighted by molar-refractivity contribution is 5.96. The van der Waals surface area contributed by atoms with E-state index >= 15 is 0 Å². The maximum atomic E-state index is 12.5. The number of ether oxygens (including phenoxy) is 1. The molecule has 0 bridgehead atoms. The van der Waals surface area contributed by atoms with Crippen LogP contribution in [0.2, 0.25) is 0 Å². The summed E-state index contributed by atoms with van der Waals surface area (Å²) in [4.78, 5) is 27.6. The summed E-state index contributed by atoms with van der Waals surface area (Å²) in [6.07, 6.45) is 3.88. The van der Waals surface area contributed by atoms with Crippen LogP contribution in [0.5, 0.6) is 0 Å². The number of fused-ring (bicyclic) bond motifs is 1. The fourth-order valence-electron chi connectivity index (χ4n) is 3.15. The zero-order chi connectivity index (χ0) is 18.5. The molecule has 1 saturated heterocycles. The van der Waals surface area contributed by atoms with Crippen molar-refractivity contribution >= 4 is 29.0 Å². The molecule has 3 rings (SSSR count). The van der Waals surface area contributed by atoms with Crippen LogP contribution in [-0.2, 0) is 16.0 Å². The van der Waals surface area contributed by atoms with E-state index in [-0.39, 0.29) is 12.0 Å². The number of benzene rings is 1. The van der Waals surface area contributed by atoms with Gasteiger partial charge in [-0.1, -0.05) is 25.1 Å². The lowest BCUT2D eigenvalue weighted by Crippen LogP contribution is -2.50. The molecule has 0 unspecified atom stereocenters. The molecule has 0 radical (unpaired) electrons. The Kier molecular flexibility index (Phi) is 5.61. The van der Waals surface area contributed by atoms with Crippen molar-refractivity contribution < 1.29 is 18.7 Å². The highest BCUT2D eigenvalue weighted by atomic mass is 16.6. The first-order valence-corrected chi connectivity index (χ1v) is 9.03. The van der Waals surface area contributed by atoms with Crippen LogP contribution in [-0.4, -0.2) is 54.6 Å². The monoisotopic (exact) mass is 356 g/mol. The van der Waals surface area contributed by atoms with Gasteiger partial charge in [-0.3, -0.25) is 4.79 Å². The number of hydrogen-bond acceptors (Lipinski definition) is 4. The topological polar surface area (TPSA) is 63.0 Å². The van der Waals surface area contributed by atoms with Crippen LogP contribution in [0.15, 0.2) is 34.8 Å². The Morgan fingerprint density at radius 2 is 1.81 bits per heavy atom. The zero-order valence-corrected chi connectivity index (χ0v) is 15.2. The van der Waals surface area contributed by atoms with Gasteiger partial charge in [0, 0.05) is 49.6 Å². The van der Waals surface area contributed by atoms with Crippen LogP contribution in [0, 0.1) is 0 Å². The molecule has 1 aliphatic rings. The van der Waals surface area contributed by atoms with Crippen LogP contribution < -0.4 is 0 Å². The lowest BCUT2D eigenvalue weighted by Gasteiger charge is -2.33. The van der Waals surface area contributed by atoms with E-state index in [4.69, 9.17) is 9.15 Å². The van der Waals surface area contributed by atoms with Gasteiger partial charge >= 0.3 is 6.09 Å². The van der Waals surface area contributed by atoms with Gasteiger partial charge in [-0.25, -0.2) is 4.79 Å². The van der Waals surface area contributed by atoms with Gasteiger partial charge in [-0.05, 0) is 19.1 Å². The quantitative estimate of drug-likeness (QED) is 0.789. The van der Waals surface area contributed by atoms with Crippen molar-refractivity contribution in [1.82, 2.24) is 9.80 Å². The highest BCUT2D eigenvalue weighted by Gasteiger charge is 2.23. The van der Waals surface area contributed by atoms with E-state index in [9.17, 15) is 9.59 Å². The third-order valence-electron chi connectivity index (χ3n) is 4.54. The Morgan fingerprint density at radius 1 is 1.12 bits per heavy atom. The molecule has 0 N–H and O–H groups in total. The number of hydrogen-bond donors (Lipinski definition) is 0. The normalized spacial score (nSPS) is 15.0. The molecule has 2 heterocycles. The molecule has 6 nitrogen and oxygen atoms in total. The number of nitrogens with zero attached hydrogens (tertiary/aromatic N) is 2. The zero-order valence-electron chi connectivity index (χ0n) is 15.2. The molecule has 0 spiro atoms. The summed E-state index contributed by atoms with van der Waals surface area (Å²) in [5.74, 6) is 0.822. The second-order valence-corrected chi connectivity index (χ2v) is 6.13. The van der Waals surface area contributed by atoms with E-state index in [2.05, 4.69) is 0 Å². The minimum atomic E-state index is -0.312. The molecule has 0 saturated carbocycles. The third kappa shape index (κ3) is 3.74. The first kappa shape index (κ1) is 18.0. The number of aryl methyl sites for hydroxylation is 1. The number of para-hydroxylation sites is 1. The van der Waals surface area contributed by atoms with Crippen molar-refractivity contribution in [3.05, 3.63) is 41.7 Å². The van der Waals surface area contributed by atoms with Crippen LogP contribution in [0.4, 0.5) is 4.79 Å². The summed E-state index contributed by atoms with van der Waals surface area (Å²) in [7, 11) is 0. The van der Waals surface area contributed by atoms with E-state index in [0.29, 0.717) is 32.8 Å². The van der Waals surface area contributed by atoms with Crippen molar-refractivity contribution in [3.8, 4) is 0 Å². The predicted molar refractivity (Wildman–Crippen MR) is 99.8 cm³/mol. The lowest BCUT2D eigenvalue weighted by atomic mass is 10.1. The van der Waals surface area contributed by atoms with Gasteiger partial charge in [0.15, 0.2) is 0 Å². The third-order valence-corrected chi connectivity index (χ3v) is 4.54. The van der Waals surface area contributed by atoms with Crippen LogP contribution in [0.3, 0.4) is 0 Å². The molecular formula is C20H24N2O4. The van der Waals surface area contributed by atoms with Crippen molar-refractivity contribution in [2.75, 3.05) is 32.8 Å². The Hall–Kier alpha value is -2.76. The maximum Gasteiger partial charge on any atom is 0.409 e. The largest absolute Gasteiger partial charge is 0.460 e. The minimum absolute atomic E-state index is 0.0548. The Balaban J connectivity index is 1.67. The molecule has 138 valence electrons. The van der Waals surface area contributed by atoms with Gasteiger partial charge in [-0.15, -0.1) is 0 Å². The van der Waals surface area contributed by atoms with E-state index in [1.54, 1.807) is 22.8 Å². The van der Waals surface area contributed by atoms with Gasteiger partial charge in [0.2, 0.25) is 5.91 Å². The van der Waals surface area contributed by atoms with Crippen molar-refractivity contribution in [2.45, 2.75) is 20.3 Å². The Morgan fingerprint density at radius 3 is 2.50 bits per heavy atom. The molecular weight excluding hydrogens is 332 g/mol. The van der Waals surface area contributed by atoms with E-state index in [1.165, 1.54) is 0 Å². The molecule has 0 atom stereocenters. The molecule has 1 aliphatic heterocycles. The smallest absolute Gasteiger partial charge is 0.409 e. The van der Waals surface area contributed by atoms with E-state index in [1.807, 2.05) is 37.3 Å². The summed E-state index contributed by atoms with van der Waals surface area (Å²) in [5.41, 5.74) is 1.79. The van der Waals surface area contributed by atoms with Gasteiger partial charge in [0.25, 0.3) is 0 Å². The van der Waals surface area contributed by atoms with Gasteiger partial charge in [0.05, 0.1) is 6.61 Å². The first-order valence-electron chi connectivity index (χ1n) is 9.03. The Labute approximate surface area is 153 Å². The number of carbonyl (C=O) groups excluding carboxylic acids is 2. The number of furan rings is 1. The van der Waals surface area contributed by atoms with Gasteiger partial charge < -0.3 is 19.0 Å². The molecule has 2 amide bonds. The van der Waals surface area contributed by atoms with Gasteiger partial charge in [0.1, 0.15) is 11.3 Å². The van der Waals surface area contributed by atoms with Crippen molar-refractivity contribution in [3.63, 3.8) is 0 Å². The molecule has 1 aromatic carbocycles. The molecule has 0 aliphatic carbocycles. The summed E-state index contributed by atoms with van der Waals surface area (Å²) in [5, 5.41) is 1.01. The molecule has 26 heavy (non-hydrogen) atoms. The van der Waals surface area contributed by atoms with Gasteiger partial charge in [-0.2, -0.15) is 0 Å². The summed E-state index contributed by atoms with van der Waals surface area (Å²) in [6.45, 7) is 6.18. The molecule has 1 aromatic heterocycles. The second-order valence-electron chi connectivity index (χ2n) is 6.13. The first-order chi connectivity index (χ1) is 12.6. The Bertz CT molecular complexity index is 816. The minimum Gasteiger partial charge on any atom is -0.460 e.